The zero-order valence-electron chi connectivity index (χ0n) is 10.3. The summed E-state index contributed by atoms with van der Waals surface area (Å²) in [5.74, 6) is 0. The predicted molar refractivity (Wildman–Crippen MR) is 70.6 cm³/mol. The van der Waals surface area contributed by atoms with Crippen LogP contribution in [0.2, 0.25) is 0 Å². The summed E-state index contributed by atoms with van der Waals surface area (Å²) in [7, 11) is 0. The van der Waals surface area contributed by atoms with E-state index in [4.69, 9.17) is 5.73 Å². The van der Waals surface area contributed by atoms with Gasteiger partial charge in [0.1, 0.15) is 0 Å². The van der Waals surface area contributed by atoms with E-state index >= 15 is 0 Å². The molecule has 1 heterocycles. The molecule has 0 saturated carbocycles. The Bertz CT molecular complexity index is 465. The third-order valence-corrected chi connectivity index (χ3v) is 2.73. The van der Waals surface area contributed by atoms with Gasteiger partial charge in [0.05, 0.1) is 5.69 Å². The van der Waals surface area contributed by atoms with Crippen molar-refractivity contribution in [2.24, 2.45) is 5.73 Å². The lowest BCUT2D eigenvalue weighted by Crippen LogP contribution is -2.14. The van der Waals surface area contributed by atoms with Crippen LogP contribution < -0.4 is 11.1 Å². The fraction of sp³-hybridized carbons (Fsp3) is 0.308. The Morgan fingerprint density at radius 3 is 2.53 bits per heavy atom. The second-order valence-electron chi connectivity index (χ2n) is 4.12. The Labute approximate surface area is 101 Å². The average Bonchev–Trinajstić information content (AvgIpc) is 2.81. The lowest BCUT2D eigenvalue weighted by atomic mass is 10.1. The number of hydrogen-bond donors (Lipinski definition) is 2. The summed E-state index contributed by atoms with van der Waals surface area (Å²) in [6.07, 6.45) is 3.73. The Hall–Kier alpha value is -1.81. The first kappa shape index (κ1) is 11.7. The number of nitrogens with two attached hydrogens (primary N) is 1. The van der Waals surface area contributed by atoms with Crippen molar-refractivity contribution >= 4 is 5.69 Å². The molecule has 0 unspecified atom stereocenters. The van der Waals surface area contributed by atoms with Crippen LogP contribution in [0.15, 0.2) is 30.6 Å². The molecule has 2 rings (SSSR count). The minimum absolute atomic E-state index is 0.639. The molecule has 0 aliphatic heterocycles. The third kappa shape index (κ3) is 2.47. The van der Waals surface area contributed by atoms with Crippen LogP contribution in [0, 0.1) is 13.8 Å². The lowest BCUT2D eigenvalue weighted by Gasteiger charge is -2.14. The van der Waals surface area contributed by atoms with Crippen molar-refractivity contribution in [1.82, 2.24) is 9.78 Å². The van der Waals surface area contributed by atoms with Crippen LogP contribution in [0.1, 0.15) is 11.1 Å². The van der Waals surface area contributed by atoms with Gasteiger partial charge < -0.3 is 11.1 Å². The molecule has 1 aromatic carbocycles. The molecule has 0 radical (unpaired) electrons. The summed E-state index contributed by atoms with van der Waals surface area (Å²) in [5, 5.41) is 7.59. The largest absolute Gasteiger partial charge is 0.383 e. The number of aromatic nitrogens is 2. The van der Waals surface area contributed by atoms with Crippen LogP contribution in [0.5, 0.6) is 0 Å². The van der Waals surface area contributed by atoms with Gasteiger partial charge in [-0.2, -0.15) is 5.10 Å². The van der Waals surface area contributed by atoms with Gasteiger partial charge in [-0.3, -0.25) is 0 Å². The Balaban J connectivity index is 2.35. The molecule has 0 saturated heterocycles. The summed E-state index contributed by atoms with van der Waals surface area (Å²) in [6.45, 7) is 5.63. The first-order valence-corrected chi connectivity index (χ1v) is 5.77. The van der Waals surface area contributed by atoms with Crippen LogP contribution in [0.3, 0.4) is 0 Å². The topological polar surface area (TPSA) is 55.9 Å². The Morgan fingerprint density at radius 1 is 1.29 bits per heavy atom. The van der Waals surface area contributed by atoms with E-state index in [-0.39, 0.29) is 0 Å². The monoisotopic (exact) mass is 230 g/mol. The molecule has 0 bridgehead atoms. The molecule has 0 amide bonds. The van der Waals surface area contributed by atoms with Crippen molar-refractivity contribution in [3.8, 4) is 5.69 Å². The number of aryl methyl sites for hydroxylation is 2. The molecule has 3 N–H and O–H groups in total. The summed E-state index contributed by atoms with van der Waals surface area (Å²) >= 11 is 0. The number of nitrogens with one attached hydrogen (secondary N) is 1. The van der Waals surface area contributed by atoms with Gasteiger partial charge >= 0.3 is 0 Å². The maximum atomic E-state index is 5.51. The van der Waals surface area contributed by atoms with E-state index in [0.717, 1.165) is 12.2 Å². The third-order valence-electron chi connectivity index (χ3n) is 2.73. The number of rotatable bonds is 4. The minimum Gasteiger partial charge on any atom is -0.383 e. The standard InChI is InChI=1S/C13H18N4/c1-10-8-12(17-7-3-5-16-17)9-11(2)13(10)15-6-4-14/h3,5,7-9,15H,4,6,14H2,1-2H3. The molecular weight excluding hydrogens is 212 g/mol. The smallest absolute Gasteiger partial charge is 0.0652 e. The SMILES string of the molecule is Cc1cc(-n2cccn2)cc(C)c1NCCN. The maximum absolute atomic E-state index is 5.51. The molecule has 1 aromatic heterocycles. The van der Waals surface area contributed by atoms with Gasteiger partial charge in [-0.15, -0.1) is 0 Å². The molecule has 0 atom stereocenters. The molecule has 17 heavy (non-hydrogen) atoms. The number of anilines is 1. The molecule has 90 valence electrons. The molecule has 0 fully saturated rings. The van der Waals surface area contributed by atoms with Gasteiger partial charge in [-0.25, -0.2) is 4.68 Å². The Kier molecular flexibility index (Phi) is 3.44. The quantitative estimate of drug-likeness (QED) is 0.843. The van der Waals surface area contributed by atoms with Crippen LogP contribution in [0.4, 0.5) is 5.69 Å². The highest BCUT2D eigenvalue weighted by Crippen LogP contribution is 2.23. The van der Waals surface area contributed by atoms with E-state index < -0.39 is 0 Å². The number of benzene rings is 1. The second kappa shape index (κ2) is 5.01. The summed E-state index contributed by atoms with van der Waals surface area (Å²) in [4.78, 5) is 0. The zero-order valence-corrected chi connectivity index (χ0v) is 10.3. The van der Waals surface area contributed by atoms with Gasteiger partial charge in [0, 0.05) is 31.2 Å². The van der Waals surface area contributed by atoms with Crippen molar-refractivity contribution < 1.29 is 0 Å². The van der Waals surface area contributed by atoms with Gasteiger partial charge in [0.2, 0.25) is 0 Å². The maximum Gasteiger partial charge on any atom is 0.0652 e. The first-order valence-electron chi connectivity index (χ1n) is 5.77. The minimum atomic E-state index is 0.639. The fourth-order valence-corrected chi connectivity index (χ4v) is 1.97. The van der Waals surface area contributed by atoms with E-state index in [1.807, 2.05) is 16.9 Å². The highest BCUT2D eigenvalue weighted by atomic mass is 15.3. The molecule has 0 aliphatic rings. The molecule has 2 aromatic rings. The van der Waals surface area contributed by atoms with Crippen LogP contribution in [-0.2, 0) is 0 Å². The van der Waals surface area contributed by atoms with Crippen molar-refractivity contribution in [1.29, 1.82) is 0 Å². The van der Waals surface area contributed by atoms with Crippen molar-refractivity contribution in [2.75, 3.05) is 18.4 Å². The molecule has 4 heteroatoms. The van der Waals surface area contributed by atoms with Crippen LogP contribution in [-0.4, -0.2) is 22.9 Å². The Morgan fingerprint density at radius 2 is 2.00 bits per heavy atom. The number of nitrogens with zero attached hydrogens (tertiary/aromatic N) is 2. The average molecular weight is 230 g/mol. The van der Waals surface area contributed by atoms with E-state index in [1.165, 1.54) is 16.8 Å². The summed E-state index contributed by atoms with van der Waals surface area (Å²) in [6, 6.07) is 6.17. The molecular formula is C13H18N4. The van der Waals surface area contributed by atoms with E-state index in [9.17, 15) is 0 Å². The number of hydrogen-bond acceptors (Lipinski definition) is 3. The molecule has 0 spiro atoms. The first-order chi connectivity index (χ1) is 8.22. The van der Waals surface area contributed by atoms with E-state index in [0.29, 0.717) is 6.54 Å². The van der Waals surface area contributed by atoms with Crippen molar-refractivity contribution in [3.63, 3.8) is 0 Å². The van der Waals surface area contributed by atoms with E-state index in [2.05, 4.69) is 36.4 Å². The van der Waals surface area contributed by atoms with Gasteiger partial charge in [0.25, 0.3) is 0 Å². The zero-order chi connectivity index (χ0) is 12.3. The fourth-order valence-electron chi connectivity index (χ4n) is 1.97. The van der Waals surface area contributed by atoms with Gasteiger partial charge in [-0.05, 0) is 43.2 Å². The molecule has 0 aliphatic carbocycles. The highest BCUT2D eigenvalue weighted by Gasteiger charge is 2.05. The summed E-state index contributed by atoms with van der Waals surface area (Å²) < 4.78 is 1.87. The van der Waals surface area contributed by atoms with Gasteiger partial charge in [-0.1, -0.05) is 0 Å². The van der Waals surface area contributed by atoms with Crippen molar-refractivity contribution in [3.05, 3.63) is 41.7 Å². The van der Waals surface area contributed by atoms with Crippen molar-refractivity contribution in [2.45, 2.75) is 13.8 Å². The van der Waals surface area contributed by atoms with Crippen LogP contribution in [0.25, 0.3) is 5.69 Å². The highest BCUT2D eigenvalue weighted by molar-refractivity contribution is 5.61. The summed E-state index contributed by atoms with van der Waals surface area (Å²) in [5.41, 5.74) is 10.2. The lowest BCUT2D eigenvalue weighted by molar-refractivity contribution is 0.877. The van der Waals surface area contributed by atoms with Gasteiger partial charge in [0.15, 0.2) is 0 Å². The predicted octanol–water partition coefficient (Wildman–Crippen LogP) is 1.86. The second-order valence-corrected chi connectivity index (χ2v) is 4.12. The van der Waals surface area contributed by atoms with E-state index in [1.54, 1.807) is 6.20 Å². The molecule has 4 nitrogen and oxygen atoms in total. The normalized spacial score (nSPS) is 10.5. The van der Waals surface area contributed by atoms with Crippen LogP contribution >= 0.6 is 0 Å².